The van der Waals surface area contributed by atoms with Gasteiger partial charge in [0.05, 0.1) is 11.1 Å². The van der Waals surface area contributed by atoms with Crippen LogP contribution in [0.3, 0.4) is 0 Å². The zero-order chi connectivity index (χ0) is 18.5. The Morgan fingerprint density at radius 2 is 1.79 bits per heavy atom. The van der Waals surface area contributed by atoms with Gasteiger partial charge in [0.25, 0.3) is 0 Å². The van der Waals surface area contributed by atoms with E-state index in [4.69, 9.17) is 4.74 Å². The minimum absolute atomic E-state index is 0.110. The number of aromatic amines is 1. The van der Waals surface area contributed by atoms with Crippen LogP contribution < -0.4 is 10.6 Å². The first-order valence-electron chi connectivity index (χ1n) is 8.24. The van der Waals surface area contributed by atoms with E-state index in [2.05, 4.69) is 20.8 Å². The van der Waals surface area contributed by atoms with E-state index < -0.39 is 17.1 Å². The van der Waals surface area contributed by atoms with Crippen molar-refractivity contribution in [3.63, 3.8) is 0 Å². The molecule has 136 valence electrons. The van der Waals surface area contributed by atoms with Crippen molar-refractivity contribution in [1.82, 2.24) is 20.8 Å². The van der Waals surface area contributed by atoms with E-state index in [0.717, 1.165) is 17.0 Å². The second-order valence-electron chi connectivity index (χ2n) is 7.36. The van der Waals surface area contributed by atoms with Crippen molar-refractivity contribution in [3.8, 4) is 0 Å². The lowest BCUT2D eigenvalue weighted by atomic mass is 9.86. The summed E-state index contributed by atoms with van der Waals surface area (Å²) in [6.07, 6.45) is 0.0781. The molecule has 1 atom stereocenters. The number of hydrogen-bond acceptors (Lipinski definition) is 4. The molecule has 0 saturated heterocycles. The highest BCUT2D eigenvalue weighted by molar-refractivity contribution is 5.83. The third-order valence-corrected chi connectivity index (χ3v) is 4.06. The van der Waals surface area contributed by atoms with Crippen LogP contribution in [0.4, 0.5) is 4.79 Å². The van der Waals surface area contributed by atoms with Gasteiger partial charge in [0.15, 0.2) is 0 Å². The van der Waals surface area contributed by atoms with Gasteiger partial charge in [0.2, 0.25) is 5.91 Å². The fraction of sp³-hybridized carbons (Fsp3) is 0.706. The van der Waals surface area contributed by atoms with Crippen LogP contribution in [-0.2, 0) is 16.1 Å². The molecule has 0 bridgehead atoms. The molecule has 3 N–H and O–H groups in total. The predicted molar refractivity (Wildman–Crippen MR) is 92.5 cm³/mol. The van der Waals surface area contributed by atoms with Gasteiger partial charge in [-0.25, -0.2) is 4.79 Å². The molecule has 0 fully saturated rings. The molecule has 7 heteroatoms. The van der Waals surface area contributed by atoms with Crippen LogP contribution >= 0.6 is 0 Å². The van der Waals surface area contributed by atoms with Crippen molar-refractivity contribution in [2.24, 2.45) is 5.41 Å². The van der Waals surface area contributed by atoms with Gasteiger partial charge in [-0.15, -0.1) is 0 Å². The van der Waals surface area contributed by atoms with Gasteiger partial charge in [-0.1, -0.05) is 6.92 Å². The van der Waals surface area contributed by atoms with E-state index in [1.165, 1.54) is 0 Å². The number of alkyl carbamates (subject to hydrolysis) is 1. The highest BCUT2D eigenvalue weighted by Gasteiger charge is 2.32. The second kappa shape index (κ2) is 7.68. The summed E-state index contributed by atoms with van der Waals surface area (Å²) in [6, 6.07) is 0. The third kappa shape index (κ3) is 5.54. The first kappa shape index (κ1) is 20.0. The lowest BCUT2D eigenvalue weighted by molar-refractivity contribution is -0.130. The summed E-state index contributed by atoms with van der Waals surface area (Å²) in [5, 5.41) is 12.6. The molecule has 0 aliphatic heterocycles. The molecule has 2 amide bonds. The lowest BCUT2D eigenvalue weighted by Crippen LogP contribution is -2.47. The fourth-order valence-corrected chi connectivity index (χ4v) is 2.16. The summed E-state index contributed by atoms with van der Waals surface area (Å²) in [5.74, 6) is -0.110. The van der Waals surface area contributed by atoms with Crippen LogP contribution in [-0.4, -0.2) is 34.3 Å². The molecule has 1 aromatic heterocycles. The summed E-state index contributed by atoms with van der Waals surface area (Å²) in [5.41, 5.74) is 1.53. The molecule has 1 heterocycles. The first-order chi connectivity index (χ1) is 11.0. The number of aryl methyl sites for hydroxylation is 2. The molecule has 0 aromatic carbocycles. The molecule has 0 spiro atoms. The second-order valence-corrected chi connectivity index (χ2v) is 7.36. The number of aromatic nitrogens is 2. The Labute approximate surface area is 143 Å². The topological polar surface area (TPSA) is 96.1 Å². The molecule has 7 nitrogen and oxygen atoms in total. The van der Waals surface area contributed by atoms with Crippen molar-refractivity contribution in [3.05, 3.63) is 17.0 Å². The third-order valence-electron chi connectivity index (χ3n) is 4.06. The standard InChI is InChI=1S/C17H30N4O3/c1-8-17(7,10-19-15(23)24-16(4,5)6)14(22)18-9-13-11(2)20-21-12(13)3/h8-10H2,1-7H3,(H,18,22)(H,19,23)(H,20,21)/t17-/m1/s1. The normalized spacial score (nSPS) is 14.0. The molecule has 0 unspecified atom stereocenters. The van der Waals surface area contributed by atoms with Crippen LogP contribution in [0, 0.1) is 19.3 Å². The maximum atomic E-state index is 12.6. The quantitative estimate of drug-likeness (QED) is 0.743. The van der Waals surface area contributed by atoms with E-state index in [1.807, 2.05) is 27.7 Å². The van der Waals surface area contributed by atoms with Crippen LogP contribution in [0.25, 0.3) is 0 Å². The highest BCUT2D eigenvalue weighted by Crippen LogP contribution is 2.21. The monoisotopic (exact) mass is 338 g/mol. The molecule has 0 aliphatic carbocycles. The van der Waals surface area contributed by atoms with Crippen molar-refractivity contribution < 1.29 is 14.3 Å². The first-order valence-corrected chi connectivity index (χ1v) is 8.24. The SMILES string of the molecule is CC[C@](C)(CNC(=O)OC(C)(C)C)C(=O)NCc1c(C)n[nH]c1C. The molecule has 0 saturated carbocycles. The van der Waals surface area contributed by atoms with Gasteiger partial charge >= 0.3 is 6.09 Å². The molecule has 0 aliphatic rings. The Hall–Kier alpha value is -2.05. The molecular weight excluding hydrogens is 308 g/mol. The Bertz CT molecular complexity index is 570. The fourth-order valence-electron chi connectivity index (χ4n) is 2.16. The van der Waals surface area contributed by atoms with Crippen LogP contribution in [0.5, 0.6) is 0 Å². The number of hydrogen-bond donors (Lipinski definition) is 3. The number of ether oxygens (including phenoxy) is 1. The number of nitrogens with one attached hydrogen (secondary N) is 3. The summed E-state index contributed by atoms with van der Waals surface area (Å²) >= 11 is 0. The van der Waals surface area contributed by atoms with Gasteiger partial charge in [0, 0.05) is 24.3 Å². The highest BCUT2D eigenvalue weighted by atomic mass is 16.6. The average Bonchev–Trinajstić information content (AvgIpc) is 2.79. The van der Waals surface area contributed by atoms with Crippen LogP contribution in [0.2, 0.25) is 0 Å². The van der Waals surface area contributed by atoms with Gasteiger partial charge in [-0.2, -0.15) is 5.10 Å². The summed E-state index contributed by atoms with van der Waals surface area (Å²) in [6.45, 7) is 13.6. The number of amides is 2. The maximum absolute atomic E-state index is 12.6. The molecule has 1 aromatic rings. The van der Waals surface area contributed by atoms with Gasteiger partial charge in [0.1, 0.15) is 5.60 Å². The van der Waals surface area contributed by atoms with Gasteiger partial charge < -0.3 is 15.4 Å². The van der Waals surface area contributed by atoms with E-state index >= 15 is 0 Å². The lowest BCUT2D eigenvalue weighted by Gasteiger charge is -2.28. The molecule has 24 heavy (non-hydrogen) atoms. The summed E-state index contributed by atoms with van der Waals surface area (Å²) in [4.78, 5) is 24.4. The van der Waals surface area contributed by atoms with E-state index in [0.29, 0.717) is 13.0 Å². The number of rotatable bonds is 6. The number of H-pyrrole nitrogens is 1. The van der Waals surface area contributed by atoms with Crippen LogP contribution in [0.15, 0.2) is 0 Å². The average molecular weight is 338 g/mol. The summed E-state index contributed by atoms with van der Waals surface area (Å²) < 4.78 is 5.21. The molecule has 0 radical (unpaired) electrons. The minimum atomic E-state index is -0.706. The number of carbonyl (C=O) groups excluding carboxylic acids is 2. The zero-order valence-electron chi connectivity index (χ0n) is 15.8. The van der Waals surface area contributed by atoms with Crippen molar-refractivity contribution >= 4 is 12.0 Å². The van der Waals surface area contributed by atoms with E-state index in [9.17, 15) is 9.59 Å². The van der Waals surface area contributed by atoms with Crippen LogP contribution in [0.1, 0.15) is 58.0 Å². The number of carbonyl (C=O) groups is 2. The van der Waals surface area contributed by atoms with E-state index in [-0.39, 0.29) is 12.5 Å². The zero-order valence-corrected chi connectivity index (χ0v) is 15.8. The molecule has 1 rings (SSSR count). The Morgan fingerprint density at radius 3 is 2.25 bits per heavy atom. The van der Waals surface area contributed by atoms with Crippen molar-refractivity contribution in [1.29, 1.82) is 0 Å². The van der Waals surface area contributed by atoms with Gasteiger partial charge in [-0.3, -0.25) is 9.89 Å². The van der Waals surface area contributed by atoms with Crippen molar-refractivity contribution in [2.75, 3.05) is 6.54 Å². The molecular formula is C17H30N4O3. The van der Waals surface area contributed by atoms with Gasteiger partial charge in [-0.05, 0) is 48.0 Å². The smallest absolute Gasteiger partial charge is 0.407 e. The summed E-state index contributed by atoms with van der Waals surface area (Å²) in [7, 11) is 0. The number of nitrogens with zero attached hydrogens (tertiary/aromatic N) is 1. The van der Waals surface area contributed by atoms with E-state index in [1.54, 1.807) is 20.8 Å². The Balaban J connectivity index is 2.62. The minimum Gasteiger partial charge on any atom is -0.444 e. The largest absolute Gasteiger partial charge is 0.444 e. The Kier molecular flexibility index (Phi) is 6.40. The Morgan fingerprint density at radius 1 is 1.17 bits per heavy atom. The maximum Gasteiger partial charge on any atom is 0.407 e. The predicted octanol–water partition coefficient (Wildman–Crippen LogP) is 2.58. The van der Waals surface area contributed by atoms with Crippen molar-refractivity contribution in [2.45, 2.75) is 67.0 Å².